The zero-order valence-corrected chi connectivity index (χ0v) is 14.3. The predicted octanol–water partition coefficient (Wildman–Crippen LogP) is 0.588. The maximum Gasteiger partial charge on any atom is 0.255 e. The van der Waals surface area contributed by atoms with Crippen LogP contribution in [0.5, 0.6) is 17.2 Å². The molecule has 3 N–H and O–H groups in total. The van der Waals surface area contributed by atoms with Crippen molar-refractivity contribution in [2.45, 2.75) is 12.0 Å². The fourth-order valence-corrected chi connectivity index (χ4v) is 2.50. The highest BCUT2D eigenvalue weighted by molar-refractivity contribution is 5.98. The second-order valence-corrected chi connectivity index (χ2v) is 5.22. The zero-order valence-electron chi connectivity index (χ0n) is 13.5. The van der Waals surface area contributed by atoms with Gasteiger partial charge in [0.25, 0.3) is 5.91 Å². The number of hydrogen-bond donors (Lipinski definition) is 3. The number of halogens is 1. The van der Waals surface area contributed by atoms with Crippen molar-refractivity contribution < 1.29 is 24.1 Å². The van der Waals surface area contributed by atoms with Crippen molar-refractivity contribution in [2.75, 3.05) is 41.0 Å². The molecule has 130 valence electrons. The minimum absolute atomic E-state index is 0. The number of amides is 1. The Bertz CT molecular complexity index is 547. The summed E-state index contributed by atoms with van der Waals surface area (Å²) in [5.41, 5.74) is -0.575. The molecule has 0 bridgehead atoms. The topological polar surface area (TPSA) is 89.1 Å². The number of hydrogen-bond acceptors (Lipinski definition) is 6. The molecule has 0 spiro atoms. The number of β-amino-alcohol motifs (C(OH)–C–C–N with tert-alkyl or cyclic N) is 1. The van der Waals surface area contributed by atoms with Crippen LogP contribution in [0, 0.1) is 0 Å². The third-order valence-corrected chi connectivity index (χ3v) is 3.75. The van der Waals surface area contributed by atoms with Gasteiger partial charge in [0.15, 0.2) is 11.5 Å². The molecule has 0 aliphatic carbocycles. The lowest BCUT2D eigenvalue weighted by Crippen LogP contribution is -2.44. The van der Waals surface area contributed by atoms with Crippen LogP contribution in [0.1, 0.15) is 16.8 Å². The minimum atomic E-state index is -0.903. The van der Waals surface area contributed by atoms with Crippen LogP contribution in [0.25, 0.3) is 0 Å². The summed E-state index contributed by atoms with van der Waals surface area (Å²) in [6.07, 6.45) is 0.607. The Hall–Kier alpha value is -1.70. The van der Waals surface area contributed by atoms with Gasteiger partial charge in [-0.2, -0.15) is 0 Å². The van der Waals surface area contributed by atoms with E-state index in [0.29, 0.717) is 35.8 Å². The van der Waals surface area contributed by atoms with E-state index in [4.69, 9.17) is 14.2 Å². The van der Waals surface area contributed by atoms with Gasteiger partial charge in [-0.3, -0.25) is 4.79 Å². The first kappa shape index (κ1) is 19.3. The molecule has 7 nitrogen and oxygen atoms in total. The second kappa shape index (κ2) is 8.24. The van der Waals surface area contributed by atoms with E-state index in [1.165, 1.54) is 21.3 Å². The summed E-state index contributed by atoms with van der Waals surface area (Å²) in [7, 11) is 4.46. The first-order valence-electron chi connectivity index (χ1n) is 7.05. The summed E-state index contributed by atoms with van der Waals surface area (Å²) >= 11 is 0. The van der Waals surface area contributed by atoms with Crippen molar-refractivity contribution in [3.63, 3.8) is 0 Å². The molecule has 1 amide bonds. The molecule has 1 fully saturated rings. The van der Waals surface area contributed by atoms with E-state index in [0.717, 1.165) is 6.54 Å². The van der Waals surface area contributed by atoms with Gasteiger partial charge in [0.05, 0.1) is 32.5 Å². The van der Waals surface area contributed by atoms with E-state index >= 15 is 0 Å². The van der Waals surface area contributed by atoms with Crippen LogP contribution < -0.4 is 24.8 Å². The van der Waals surface area contributed by atoms with E-state index in [1.807, 2.05) is 0 Å². The Morgan fingerprint density at radius 2 is 1.96 bits per heavy atom. The predicted molar refractivity (Wildman–Crippen MR) is 88.1 cm³/mol. The highest BCUT2D eigenvalue weighted by Crippen LogP contribution is 2.39. The van der Waals surface area contributed by atoms with E-state index < -0.39 is 5.60 Å². The van der Waals surface area contributed by atoms with Crippen LogP contribution in [0.2, 0.25) is 0 Å². The van der Waals surface area contributed by atoms with Crippen molar-refractivity contribution in [2.24, 2.45) is 0 Å². The molecule has 1 aliphatic rings. The van der Waals surface area contributed by atoms with Gasteiger partial charge in [-0.1, -0.05) is 0 Å². The molecule has 1 saturated heterocycles. The first-order valence-corrected chi connectivity index (χ1v) is 7.05. The summed E-state index contributed by atoms with van der Waals surface area (Å²) in [6.45, 7) is 1.39. The molecular formula is C15H23ClN2O5. The largest absolute Gasteiger partial charge is 0.493 e. The highest BCUT2D eigenvalue weighted by atomic mass is 35.5. The lowest BCUT2D eigenvalue weighted by Gasteiger charge is -2.22. The van der Waals surface area contributed by atoms with Crippen LogP contribution >= 0.6 is 12.4 Å². The molecule has 1 aliphatic heterocycles. The Balaban J connectivity index is 0.00000264. The molecule has 1 heterocycles. The number of nitrogens with one attached hydrogen (secondary N) is 2. The molecule has 8 heteroatoms. The number of methoxy groups -OCH3 is 3. The normalized spacial score (nSPS) is 19.7. The molecule has 1 aromatic rings. The molecule has 23 heavy (non-hydrogen) atoms. The van der Waals surface area contributed by atoms with E-state index in [9.17, 15) is 9.90 Å². The highest BCUT2D eigenvalue weighted by Gasteiger charge is 2.32. The SMILES string of the molecule is COc1ccc(C(=O)NCC2(O)CCNC2)c(OC)c1OC.Cl. The van der Waals surface area contributed by atoms with E-state index in [1.54, 1.807) is 12.1 Å². The molecule has 0 radical (unpaired) electrons. The lowest BCUT2D eigenvalue weighted by molar-refractivity contribution is 0.0560. The molecule has 1 aromatic carbocycles. The van der Waals surface area contributed by atoms with Gasteiger partial charge in [0.1, 0.15) is 0 Å². The van der Waals surface area contributed by atoms with Crippen molar-refractivity contribution in [3.8, 4) is 17.2 Å². The van der Waals surface area contributed by atoms with Gasteiger partial charge in [0, 0.05) is 13.1 Å². The average molecular weight is 347 g/mol. The summed E-state index contributed by atoms with van der Waals surface area (Å²) in [6, 6.07) is 3.24. The number of carbonyl (C=O) groups is 1. The number of ether oxygens (including phenoxy) is 3. The van der Waals surface area contributed by atoms with Gasteiger partial charge < -0.3 is 30.0 Å². The van der Waals surface area contributed by atoms with Crippen molar-refractivity contribution in [1.82, 2.24) is 10.6 Å². The summed E-state index contributed by atoms with van der Waals surface area (Å²) < 4.78 is 15.7. The molecule has 0 aromatic heterocycles. The first-order chi connectivity index (χ1) is 10.5. The minimum Gasteiger partial charge on any atom is -0.493 e. The quantitative estimate of drug-likeness (QED) is 0.698. The second-order valence-electron chi connectivity index (χ2n) is 5.22. The monoisotopic (exact) mass is 346 g/mol. The van der Waals surface area contributed by atoms with Gasteiger partial charge in [-0.25, -0.2) is 0 Å². The zero-order chi connectivity index (χ0) is 16.2. The van der Waals surface area contributed by atoms with Crippen LogP contribution in [-0.4, -0.2) is 57.6 Å². The maximum atomic E-state index is 12.4. The lowest BCUT2D eigenvalue weighted by atomic mass is 10.0. The number of carbonyl (C=O) groups excluding carboxylic acids is 1. The van der Waals surface area contributed by atoms with Gasteiger partial charge in [0.2, 0.25) is 5.75 Å². The number of aliphatic hydroxyl groups is 1. The Kier molecular flexibility index (Phi) is 6.93. The third kappa shape index (κ3) is 4.19. The molecular weight excluding hydrogens is 324 g/mol. The number of rotatable bonds is 6. The molecule has 2 rings (SSSR count). The molecule has 0 saturated carbocycles. The fourth-order valence-electron chi connectivity index (χ4n) is 2.50. The maximum absolute atomic E-state index is 12.4. The van der Waals surface area contributed by atoms with Crippen molar-refractivity contribution >= 4 is 18.3 Å². The van der Waals surface area contributed by atoms with Crippen LogP contribution in [0.15, 0.2) is 12.1 Å². The van der Waals surface area contributed by atoms with Crippen LogP contribution in [0.4, 0.5) is 0 Å². The van der Waals surface area contributed by atoms with Gasteiger partial charge >= 0.3 is 0 Å². The molecule has 1 atom stereocenters. The standard InChI is InChI=1S/C15H22N2O5.ClH/c1-20-11-5-4-10(12(21-2)13(11)22-3)14(18)17-9-15(19)6-7-16-8-15;/h4-5,16,19H,6-9H2,1-3H3,(H,17,18);1H. The Morgan fingerprint density at radius 3 is 2.48 bits per heavy atom. The summed E-state index contributed by atoms with van der Waals surface area (Å²) in [5.74, 6) is 0.808. The van der Waals surface area contributed by atoms with Crippen LogP contribution in [-0.2, 0) is 0 Å². The van der Waals surface area contributed by atoms with Crippen LogP contribution in [0.3, 0.4) is 0 Å². The van der Waals surface area contributed by atoms with Gasteiger partial charge in [-0.15, -0.1) is 12.4 Å². The smallest absolute Gasteiger partial charge is 0.255 e. The number of benzene rings is 1. The van der Waals surface area contributed by atoms with E-state index in [2.05, 4.69) is 10.6 Å². The summed E-state index contributed by atoms with van der Waals surface area (Å²) in [4.78, 5) is 12.4. The van der Waals surface area contributed by atoms with Crippen molar-refractivity contribution in [3.05, 3.63) is 17.7 Å². The Labute approximate surface area is 141 Å². The average Bonchev–Trinajstić information content (AvgIpc) is 2.98. The van der Waals surface area contributed by atoms with E-state index in [-0.39, 0.29) is 24.9 Å². The van der Waals surface area contributed by atoms with Gasteiger partial charge in [-0.05, 0) is 25.1 Å². The summed E-state index contributed by atoms with van der Waals surface area (Å²) in [5, 5.41) is 16.1. The van der Waals surface area contributed by atoms with Crippen molar-refractivity contribution in [1.29, 1.82) is 0 Å². The fraction of sp³-hybridized carbons (Fsp3) is 0.533. The third-order valence-electron chi connectivity index (χ3n) is 3.75. The Morgan fingerprint density at radius 1 is 1.26 bits per heavy atom. The molecule has 1 unspecified atom stereocenters.